The Morgan fingerprint density at radius 2 is 2.21 bits per heavy atom. The Labute approximate surface area is 113 Å². The van der Waals surface area contributed by atoms with E-state index < -0.39 is 13.0 Å². The van der Waals surface area contributed by atoms with Crippen LogP contribution in [0, 0.1) is 0 Å². The Kier molecular flexibility index (Phi) is 7.59. The number of halogens is 2. The van der Waals surface area contributed by atoms with Crippen LogP contribution < -0.4 is 5.32 Å². The maximum Gasteiger partial charge on any atom is 0.261 e. The first-order valence-electron chi connectivity index (χ1n) is 6.79. The van der Waals surface area contributed by atoms with Crippen LogP contribution in [0.25, 0.3) is 0 Å². The number of aromatic nitrogens is 2. The van der Waals surface area contributed by atoms with Crippen LogP contribution in [-0.2, 0) is 11.3 Å². The molecule has 0 saturated carbocycles. The first-order valence-corrected chi connectivity index (χ1v) is 6.79. The molecule has 1 heterocycles. The van der Waals surface area contributed by atoms with E-state index in [2.05, 4.69) is 28.7 Å². The van der Waals surface area contributed by atoms with E-state index in [4.69, 9.17) is 4.74 Å². The topological polar surface area (TPSA) is 39.1 Å². The Hall–Kier alpha value is -1.01. The molecule has 0 radical (unpaired) electrons. The number of ether oxygens (including phenoxy) is 1. The second kappa shape index (κ2) is 8.98. The summed E-state index contributed by atoms with van der Waals surface area (Å²) in [5.74, 6) is 0.941. The van der Waals surface area contributed by atoms with Crippen LogP contribution in [0.5, 0.6) is 0 Å². The lowest BCUT2D eigenvalue weighted by Gasteiger charge is -2.19. The first kappa shape index (κ1) is 16.0. The van der Waals surface area contributed by atoms with Gasteiger partial charge in [0.15, 0.2) is 0 Å². The van der Waals surface area contributed by atoms with Crippen molar-refractivity contribution in [2.75, 3.05) is 19.8 Å². The Bertz CT molecular complexity index is 344. The average Bonchev–Trinajstić information content (AvgIpc) is 2.86. The van der Waals surface area contributed by atoms with E-state index in [-0.39, 0.29) is 6.04 Å². The van der Waals surface area contributed by atoms with Gasteiger partial charge in [0.1, 0.15) is 12.4 Å². The Balaban J connectivity index is 2.51. The molecule has 0 aromatic carbocycles. The van der Waals surface area contributed by atoms with Gasteiger partial charge in [0.05, 0.1) is 6.04 Å². The van der Waals surface area contributed by atoms with E-state index in [9.17, 15) is 8.78 Å². The maximum absolute atomic E-state index is 12.0. The molecule has 0 bridgehead atoms. The molecule has 6 heteroatoms. The van der Waals surface area contributed by atoms with E-state index in [1.807, 2.05) is 6.20 Å². The molecule has 1 aromatic heterocycles. The molecular formula is C13H23F2N3O. The monoisotopic (exact) mass is 275 g/mol. The van der Waals surface area contributed by atoms with Gasteiger partial charge in [-0.05, 0) is 26.3 Å². The SMILES string of the molecule is CCCNC(CCOCC(F)F)c1nccn1CC. The fourth-order valence-corrected chi connectivity index (χ4v) is 1.91. The number of aryl methyl sites for hydroxylation is 1. The van der Waals surface area contributed by atoms with Crippen molar-refractivity contribution in [1.29, 1.82) is 0 Å². The van der Waals surface area contributed by atoms with E-state index in [0.29, 0.717) is 13.0 Å². The third-order valence-electron chi connectivity index (χ3n) is 2.84. The highest BCUT2D eigenvalue weighted by Crippen LogP contribution is 2.15. The lowest BCUT2D eigenvalue weighted by atomic mass is 10.2. The van der Waals surface area contributed by atoms with Crippen molar-refractivity contribution < 1.29 is 13.5 Å². The highest BCUT2D eigenvalue weighted by molar-refractivity contribution is 4.99. The molecule has 1 N–H and O–H groups in total. The molecule has 110 valence electrons. The summed E-state index contributed by atoms with van der Waals surface area (Å²) in [5.41, 5.74) is 0. The second-order valence-electron chi connectivity index (χ2n) is 4.33. The molecule has 0 aliphatic carbocycles. The van der Waals surface area contributed by atoms with Crippen LogP contribution in [-0.4, -0.2) is 35.7 Å². The fraction of sp³-hybridized carbons (Fsp3) is 0.769. The molecule has 0 fully saturated rings. The van der Waals surface area contributed by atoms with Gasteiger partial charge in [0.25, 0.3) is 6.43 Å². The molecule has 0 aliphatic rings. The van der Waals surface area contributed by atoms with E-state index in [1.165, 1.54) is 0 Å². The minimum Gasteiger partial charge on any atom is -0.375 e. The summed E-state index contributed by atoms with van der Waals surface area (Å²) in [6.07, 6.45) is 2.94. The minimum absolute atomic E-state index is 0.0487. The van der Waals surface area contributed by atoms with Gasteiger partial charge < -0.3 is 14.6 Å². The van der Waals surface area contributed by atoms with Gasteiger partial charge in [-0.1, -0.05) is 6.92 Å². The zero-order valence-corrected chi connectivity index (χ0v) is 11.6. The lowest BCUT2D eigenvalue weighted by molar-refractivity contribution is 0.0141. The predicted molar refractivity (Wildman–Crippen MR) is 70.4 cm³/mol. The fourth-order valence-electron chi connectivity index (χ4n) is 1.91. The van der Waals surface area contributed by atoms with Crippen molar-refractivity contribution in [2.45, 2.75) is 45.7 Å². The summed E-state index contributed by atoms with van der Waals surface area (Å²) < 4.78 is 31.0. The summed E-state index contributed by atoms with van der Waals surface area (Å²) in [7, 11) is 0. The third-order valence-corrected chi connectivity index (χ3v) is 2.84. The highest BCUT2D eigenvalue weighted by atomic mass is 19.3. The van der Waals surface area contributed by atoms with E-state index in [0.717, 1.165) is 25.3 Å². The van der Waals surface area contributed by atoms with Crippen molar-refractivity contribution in [3.8, 4) is 0 Å². The van der Waals surface area contributed by atoms with Crippen LogP contribution in [0.4, 0.5) is 8.78 Å². The van der Waals surface area contributed by atoms with Crippen LogP contribution in [0.1, 0.15) is 38.6 Å². The average molecular weight is 275 g/mol. The Morgan fingerprint density at radius 1 is 1.42 bits per heavy atom. The number of hydrogen-bond donors (Lipinski definition) is 1. The minimum atomic E-state index is -2.40. The predicted octanol–water partition coefficient (Wildman–Crippen LogP) is 2.62. The molecular weight excluding hydrogens is 252 g/mol. The van der Waals surface area contributed by atoms with Crippen molar-refractivity contribution in [3.05, 3.63) is 18.2 Å². The van der Waals surface area contributed by atoms with Crippen molar-refractivity contribution in [1.82, 2.24) is 14.9 Å². The van der Waals surface area contributed by atoms with Gasteiger partial charge in [-0.3, -0.25) is 0 Å². The third kappa shape index (κ3) is 5.65. The largest absolute Gasteiger partial charge is 0.375 e. The molecule has 19 heavy (non-hydrogen) atoms. The summed E-state index contributed by atoms with van der Waals surface area (Å²) in [5, 5.41) is 3.38. The number of nitrogens with one attached hydrogen (secondary N) is 1. The normalized spacial score (nSPS) is 13.1. The number of alkyl halides is 2. The van der Waals surface area contributed by atoms with Gasteiger partial charge in [-0.25, -0.2) is 13.8 Å². The smallest absolute Gasteiger partial charge is 0.261 e. The second-order valence-corrected chi connectivity index (χ2v) is 4.33. The number of rotatable bonds is 10. The molecule has 0 spiro atoms. The molecule has 1 atom stereocenters. The molecule has 0 aliphatic heterocycles. The van der Waals surface area contributed by atoms with Gasteiger partial charge >= 0.3 is 0 Å². The van der Waals surface area contributed by atoms with Gasteiger partial charge in [-0.15, -0.1) is 0 Å². The zero-order chi connectivity index (χ0) is 14.1. The number of hydrogen-bond acceptors (Lipinski definition) is 3. The standard InChI is InChI=1S/C13H23F2N3O/c1-3-6-16-11(5-9-19-10-12(14)15)13-17-7-8-18(13)4-2/h7-8,11-12,16H,3-6,9-10H2,1-2H3. The molecule has 1 unspecified atom stereocenters. The number of nitrogens with zero attached hydrogens (tertiary/aromatic N) is 2. The molecule has 0 saturated heterocycles. The molecule has 0 amide bonds. The lowest BCUT2D eigenvalue weighted by Crippen LogP contribution is -2.26. The maximum atomic E-state index is 12.0. The van der Waals surface area contributed by atoms with Crippen LogP contribution in [0.15, 0.2) is 12.4 Å². The van der Waals surface area contributed by atoms with Crippen molar-refractivity contribution in [2.24, 2.45) is 0 Å². The zero-order valence-electron chi connectivity index (χ0n) is 11.6. The van der Waals surface area contributed by atoms with E-state index >= 15 is 0 Å². The summed E-state index contributed by atoms with van der Waals surface area (Å²) in [4.78, 5) is 4.35. The first-order chi connectivity index (χ1) is 9.19. The van der Waals surface area contributed by atoms with E-state index in [1.54, 1.807) is 6.20 Å². The van der Waals surface area contributed by atoms with Crippen LogP contribution in [0.3, 0.4) is 0 Å². The van der Waals surface area contributed by atoms with Gasteiger partial charge in [0.2, 0.25) is 0 Å². The number of imidazole rings is 1. The molecule has 4 nitrogen and oxygen atoms in total. The van der Waals surface area contributed by atoms with Crippen molar-refractivity contribution >= 4 is 0 Å². The molecule has 1 aromatic rings. The van der Waals surface area contributed by atoms with Gasteiger partial charge in [0, 0.05) is 25.5 Å². The summed E-state index contributed by atoms with van der Waals surface area (Å²) >= 11 is 0. The summed E-state index contributed by atoms with van der Waals surface area (Å²) in [6, 6.07) is 0.0487. The quantitative estimate of drug-likeness (QED) is 0.667. The van der Waals surface area contributed by atoms with Crippen molar-refractivity contribution in [3.63, 3.8) is 0 Å². The van der Waals surface area contributed by atoms with Gasteiger partial charge in [-0.2, -0.15) is 0 Å². The van der Waals surface area contributed by atoms with Crippen LogP contribution in [0.2, 0.25) is 0 Å². The van der Waals surface area contributed by atoms with Crippen LogP contribution >= 0.6 is 0 Å². The molecule has 1 rings (SSSR count). The Morgan fingerprint density at radius 3 is 2.84 bits per heavy atom. The summed E-state index contributed by atoms with van der Waals surface area (Å²) in [6.45, 7) is 5.66. The highest BCUT2D eigenvalue weighted by Gasteiger charge is 2.16.